The van der Waals surface area contributed by atoms with Gasteiger partial charge in [0, 0.05) is 13.5 Å². The number of amides is 1. The maximum absolute atomic E-state index is 10.9. The van der Waals surface area contributed by atoms with Gasteiger partial charge in [0.25, 0.3) is 0 Å². The van der Waals surface area contributed by atoms with Gasteiger partial charge in [-0.2, -0.15) is 0 Å². The van der Waals surface area contributed by atoms with E-state index >= 15 is 0 Å². The van der Waals surface area contributed by atoms with Crippen molar-refractivity contribution in [1.82, 2.24) is 5.32 Å². The normalized spacial score (nSPS) is 21.5. The number of nitrogens with one attached hydrogen (secondary N) is 1. The van der Waals surface area contributed by atoms with Crippen LogP contribution < -0.4 is 5.32 Å². The van der Waals surface area contributed by atoms with Gasteiger partial charge in [0.05, 0.1) is 12.3 Å². The number of hydrogen-bond donors (Lipinski definition) is 1. The standard InChI is InChI=1S/C8H11NO4/c1-9-6(10)3-2-5-4-7(11)13-8(5)12/h5H,2-4H2,1H3,(H,9,10). The minimum atomic E-state index is -0.506. The highest BCUT2D eigenvalue weighted by atomic mass is 16.6. The van der Waals surface area contributed by atoms with Crippen molar-refractivity contribution in [3.63, 3.8) is 0 Å². The molecule has 1 aliphatic rings. The van der Waals surface area contributed by atoms with Crippen molar-refractivity contribution >= 4 is 17.8 Å². The third-order valence-corrected chi connectivity index (χ3v) is 1.96. The molecule has 1 amide bonds. The predicted molar refractivity (Wildman–Crippen MR) is 42.5 cm³/mol. The molecule has 1 aliphatic heterocycles. The largest absolute Gasteiger partial charge is 0.393 e. The molecule has 1 saturated heterocycles. The third-order valence-electron chi connectivity index (χ3n) is 1.96. The minimum Gasteiger partial charge on any atom is -0.393 e. The Morgan fingerprint density at radius 3 is 2.77 bits per heavy atom. The molecule has 1 heterocycles. The number of carbonyl (C=O) groups excluding carboxylic acids is 3. The number of rotatable bonds is 3. The molecule has 1 fully saturated rings. The molecule has 1 rings (SSSR count). The van der Waals surface area contributed by atoms with Crippen molar-refractivity contribution in [2.24, 2.45) is 5.92 Å². The first-order valence-corrected chi connectivity index (χ1v) is 4.08. The van der Waals surface area contributed by atoms with E-state index in [4.69, 9.17) is 0 Å². The number of carbonyl (C=O) groups is 3. The van der Waals surface area contributed by atoms with E-state index in [2.05, 4.69) is 10.1 Å². The summed E-state index contributed by atoms with van der Waals surface area (Å²) in [5.74, 6) is -1.56. The van der Waals surface area contributed by atoms with Gasteiger partial charge in [0.15, 0.2) is 0 Å². The van der Waals surface area contributed by atoms with Crippen molar-refractivity contribution in [1.29, 1.82) is 0 Å². The molecule has 0 aliphatic carbocycles. The fourth-order valence-electron chi connectivity index (χ4n) is 1.17. The highest BCUT2D eigenvalue weighted by Crippen LogP contribution is 2.20. The summed E-state index contributed by atoms with van der Waals surface area (Å²) in [6.07, 6.45) is 0.740. The first-order valence-electron chi connectivity index (χ1n) is 4.08. The van der Waals surface area contributed by atoms with Crippen LogP contribution in [0.1, 0.15) is 19.3 Å². The molecular formula is C8H11NO4. The topological polar surface area (TPSA) is 72.5 Å². The zero-order chi connectivity index (χ0) is 9.84. The Hall–Kier alpha value is -1.39. The number of ether oxygens (including phenoxy) is 1. The molecule has 0 bridgehead atoms. The SMILES string of the molecule is CNC(=O)CCC1CC(=O)OC1=O. The Balaban J connectivity index is 2.33. The molecule has 0 aromatic rings. The van der Waals surface area contributed by atoms with E-state index in [0.717, 1.165) is 0 Å². The molecule has 1 N–H and O–H groups in total. The Labute approximate surface area is 75.4 Å². The van der Waals surface area contributed by atoms with E-state index in [-0.39, 0.29) is 18.7 Å². The van der Waals surface area contributed by atoms with Gasteiger partial charge < -0.3 is 10.1 Å². The summed E-state index contributed by atoms with van der Waals surface area (Å²) in [6, 6.07) is 0. The summed E-state index contributed by atoms with van der Waals surface area (Å²) in [5, 5.41) is 2.44. The van der Waals surface area contributed by atoms with Gasteiger partial charge in [-0.25, -0.2) is 0 Å². The van der Waals surface area contributed by atoms with Gasteiger partial charge >= 0.3 is 11.9 Å². The molecular weight excluding hydrogens is 174 g/mol. The average Bonchev–Trinajstić information content (AvgIpc) is 2.41. The summed E-state index contributed by atoms with van der Waals surface area (Å²) in [5.41, 5.74) is 0. The van der Waals surface area contributed by atoms with E-state index in [0.29, 0.717) is 6.42 Å². The van der Waals surface area contributed by atoms with Crippen molar-refractivity contribution < 1.29 is 19.1 Å². The fraction of sp³-hybridized carbons (Fsp3) is 0.625. The molecule has 0 radical (unpaired) electrons. The van der Waals surface area contributed by atoms with Gasteiger partial charge in [-0.3, -0.25) is 14.4 Å². The summed E-state index contributed by atoms with van der Waals surface area (Å²) < 4.78 is 4.33. The molecule has 72 valence electrons. The number of esters is 2. The molecule has 5 heteroatoms. The van der Waals surface area contributed by atoms with Gasteiger partial charge in [0.1, 0.15) is 0 Å². The Morgan fingerprint density at radius 2 is 2.31 bits per heavy atom. The van der Waals surface area contributed by atoms with Crippen LogP contribution in [0.3, 0.4) is 0 Å². The lowest BCUT2D eigenvalue weighted by Gasteiger charge is -2.02. The maximum Gasteiger partial charge on any atom is 0.317 e. The van der Waals surface area contributed by atoms with E-state index in [9.17, 15) is 14.4 Å². The van der Waals surface area contributed by atoms with Crippen LogP contribution in [-0.2, 0) is 19.1 Å². The van der Waals surface area contributed by atoms with Crippen LogP contribution in [0, 0.1) is 5.92 Å². The lowest BCUT2D eigenvalue weighted by Crippen LogP contribution is -2.19. The average molecular weight is 185 g/mol. The van der Waals surface area contributed by atoms with Crippen LogP contribution >= 0.6 is 0 Å². The van der Waals surface area contributed by atoms with Gasteiger partial charge in [-0.05, 0) is 6.42 Å². The highest BCUT2D eigenvalue weighted by molar-refractivity contribution is 5.94. The minimum absolute atomic E-state index is 0.107. The zero-order valence-corrected chi connectivity index (χ0v) is 7.33. The molecule has 13 heavy (non-hydrogen) atoms. The zero-order valence-electron chi connectivity index (χ0n) is 7.33. The molecule has 1 unspecified atom stereocenters. The van der Waals surface area contributed by atoms with Gasteiger partial charge in [-0.15, -0.1) is 0 Å². The second-order valence-corrected chi connectivity index (χ2v) is 2.91. The van der Waals surface area contributed by atoms with E-state index in [1.54, 1.807) is 0 Å². The second-order valence-electron chi connectivity index (χ2n) is 2.91. The Morgan fingerprint density at radius 1 is 1.62 bits per heavy atom. The first-order chi connectivity index (χ1) is 6.13. The Bertz CT molecular complexity index is 249. The smallest absolute Gasteiger partial charge is 0.317 e. The van der Waals surface area contributed by atoms with Crippen LogP contribution in [-0.4, -0.2) is 24.9 Å². The predicted octanol–water partition coefficient (Wildman–Crippen LogP) is -0.398. The van der Waals surface area contributed by atoms with Crippen molar-refractivity contribution in [3.8, 4) is 0 Å². The van der Waals surface area contributed by atoms with Crippen molar-refractivity contribution in [3.05, 3.63) is 0 Å². The highest BCUT2D eigenvalue weighted by Gasteiger charge is 2.33. The molecule has 5 nitrogen and oxygen atoms in total. The van der Waals surface area contributed by atoms with Crippen LogP contribution in [0.25, 0.3) is 0 Å². The van der Waals surface area contributed by atoms with E-state index < -0.39 is 17.9 Å². The summed E-state index contributed by atoms with van der Waals surface area (Å²) >= 11 is 0. The van der Waals surface area contributed by atoms with E-state index in [1.165, 1.54) is 7.05 Å². The lowest BCUT2D eigenvalue weighted by molar-refractivity contribution is -0.153. The summed E-state index contributed by atoms with van der Waals surface area (Å²) in [7, 11) is 1.53. The molecule has 0 saturated carbocycles. The van der Waals surface area contributed by atoms with Crippen LogP contribution in [0.15, 0.2) is 0 Å². The number of cyclic esters (lactones) is 2. The molecule has 0 aromatic heterocycles. The monoisotopic (exact) mass is 185 g/mol. The summed E-state index contributed by atoms with van der Waals surface area (Å²) in [6.45, 7) is 0. The molecule has 0 spiro atoms. The lowest BCUT2D eigenvalue weighted by atomic mass is 10.0. The van der Waals surface area contributed by atoms with Crippen LogP contribution in [0.4, 0.5) is 0 Å². The van der Waals surface area contributed by atoms with Crippen molar-refractivity contribution in [2.75, 3.05) is 7.05 Å². The quantitative estimate of drug-likeness (QED) is 0.479. The van der Waals surface area contributed by atoms with Crippen molar-refractivity contribution in [2.45, 2.75) is 19.3 Å². The number of hydrogen-bond acceptors (Lipinski definition) is 4. The second kappa shape index (κ2) is 4.02. The Kier molecular flexibility index (Phi) is 3.00. The summed E-state index contributed by atoms with van der Waals surface area (Å²) in [4.78, 5) is 32.4. The van der Waals surface area contributed by atoms with Gasteiger partial charge in [-0.1, -0.05) is 0 Å². The molecule has 0 aromatic carbocycles. The van der Waals surface area contributed by atoms with Gasteiger partial charge in [0.2, 0.25) is 5.91 Å². The third kappa shape index (κ3) is 2.54. The molecule has 1 atom stereocenters. The first kappa shape index (κ1) is 9.70. The van der Waals surface area contributed by atoms with Crippen LogP contribution in [0.5, 0.6) is 0 Å². The van der Waals surface area contributed by atoms with E-state index in [1.807, 2.05) is 0 Å². The fourth-order valence-corrected chi connectivity index (χ4v) is 1.17. The maximum atomic E-state index is 10.9. The van der Waals surface area contributed by atoms with Crippen LogP contribution in [0.2, 0.25) is 0 Å².